The number of unbranched alkanes of at least 4 members (excludes halogenated alkanes) is 3. The number of imide groups is 1. The van der Waals surface area contributed by atoms with Crippen LogP contribution < -0.4 is 25.6 Å². The molecule has 3 aromatic carbocycles. The molecule has 5 aromatic rings. The van der Waals surface area contributed by atoms with Gasteiger partial charge in [0.1, 0.15) is 30.4 Å². The highest BCUT2D eigenvalue weighted by Crippen LogP contribution is 2.31. The number of halogens is 1. The first-order valence-electron chi connectivity index (χ1n) is 23.6. The first kappa shape index (κ1) is 50.9. The molecular weight excluding hydrogens is 918 g/mol. The number of piperidine rings is 1. The highest BCUT2D eigenvalue weighted by atomic mass is 35.5. The monoisotopic (exact) mass is 977 g/mol. The molecule has 3 aliphatic rings. The van der Waals surface area contributed by atoms with E-state index in [9.17, 15) is 24.0 Å². The van der Waals surface area contributed by atoms with Crippen molar-refractivity contribution < 1.29 is 38.2 Å². The van der Waals surface area contributed by atoms with E-state index >= 15 is 0 Å². The second-order valence-electron chi connectivity index (χ2n) is 17.3. The number of amides is 5. The van der Waals surface area contributed by atoms with Crippen LogP contribution in [0.1, 0.15) is 89.2 Å². The van der Waals surface area contributed by atoms with Gasteiger partial charge >= 0.3 is 0 Å². The van der Waals surface area contributed by atoms with Crippen molar-refractivity contribution in [1.29, 1.82) is 0 Å². The normalized spacial score (nSPS) is 16.1. The van der Waals surface area contributed by atoms with Crippen LogP contribution in [0.2, 0.25) is 0 Å². The summed E-state index contributed by atoms with van der Waals surface area (Å²) in [5.41, 5.74) is 5.35. The van der Waals surface area contributed by atoms with E-state index < -0.39 is 11.9 Å². The van der Waals surface area contributed by atoms with Crippen molar-refractivity contribution in [3.63, 3.8) is 0 Å². The average molecular weight is 979 g/mol. The maximum Gasteiger partial charge on any atom is 0.255 e. The predicted octanol–water partition coefficient (Wildman–Crippen LogP) is 4.88. The molecule has 0 radical (unpaired) electrons. The van der Waals surface area contributed by atoms with E-state index in [0.29, 0.717) is 94.8 Å². The summed E-state index contributed by atoms with van der Waals surface area (Å²) in [6, 6.07) is 21.8. The van der Waals surface area contributed by atoms with Crippen LogP contribution in [-0.4, -0.2) is 129 Å². The molecule has 8 rings (SSSR count). The molecule has 2 saturated heterocycles. The van der Waals surface area contributed by atoms with Gasteiger partial charge < -0.3 is 44.1 Å². The largest absolute Gasteiger partial charge is 0.494 e. The zero-order chi connectivity index (χ0) is 48.1. The number of hydrogen-bond acceptors (Lipinski definition) is 14. The summed E-state index contributed by atoms with van der Waals surface area (Å²) >= 11 is 0. The van der Waals surface area contributed by atoms with Crippen LogP contribution >= 0.6 is 12.4 Å². The Balaban J connectivity index is 0.00000722. The van der Waals surface area contributed by atoms with Crippen molar-refractivity contribution in [3.8, 4) is 17.3 Å². The van der Waals surface area contributed by atoms with Crippen LogP contribution in [0.5, 0.6) is 5.75 Å². The van der Waals surface area contributed by atoms with E-state index in [4.69, 9.17) is 14.2 Å². The number of nitrogens with one attached hydrogen (secondary N) is 3. The van der Waals surface area contributed by atoms with Gasteiger partial charge in [0.25, 0.3) is 11.8 Å². The lowest BCUT2D eigenvalue weighted by molar-refractivity contribution is -0.138. The Hall–Kier alpha value is -6.96. The number of rotatable bonds is 22. The van der Waals surface area contributed by atoms with Gasteiger partial charge in [-0.2, -0.15) is 0 Å². The smallest absolute Gasteiger partial charge is 0.255 e. The molecule has 3 N–H and O–H groups in total. The number of aromatic nitrogens is 5. The molecule has 5 heterocycles. The second-order valence-corrected chi connectivity index (χ2v) is 17.3. The Kier molecular flexibility index (Phi) is 17.9. The molecule has 70 heavy (non-hydrogen) atoms. The lowest BCUT2D eigenvalue weighted by Crippen LogP contribution is -2.52. The third kappa shape index (κ3) is 13.0. The third-order valence-corrected chi connectivity index (χ3v) is 12.6. The van der Waals surface area contributed by atoms with Crippen molar-refractivity contribution in [1.82, 2.24) is 45.2 Å². The van der Waals surface area contributed by atoms with Crippen molar-refractivity contribution in [3.05, 3.63) is 113 Å². The lowest BCUT2D eigenvalue weighted by atomic mass is 10.0. The lowest BCUT2D eigenvalue weighted by Gasteiger charge is -2.36. The van der Waals surface area contributed by atoms with Crippen molar-refractivity contribution in [2.75, 3.05) is 69.4 Å². The Morgan fingerprint density at radius 1 is 0.871 bits per heavy atom. The molecule has 2 fully saturated rings. The summed E-state index contributed by atoms with van der Waals surface area (Å²) in [6.45, 7) is 7.08. The SMILES string of the molecule is C[C@@H](NC(=O)c1cccc(NCc2nnc(-c3ccncn3)n2C)c1)c1cccc(OCCCCCCOCCOCC(=O)N2CCN(c3ccc4c(c3)CN(C3CCC(=O)NC3=O)C4=O)CC2)c1.Cl. The zero-order valence-electron chi connectivity index (χ0n) is 39.5. The molecule has 19 nitrogen and oxygen atoms in total. The van der Waals surface area contributed by atoms with Crippen LogP contribution in [0.25, 0.3) is 11.5 Å². The van der Waals surface area contributed by atoms with E-state index in [1.807, 2.05) is 84.1 Å². The van der Waals surface area contributed by atoms with Gasteiger partial charge in [0.05, 0.1) is 32.4 Å². The molecule has 5 amide bonds. The standard InChI is InChI=1S/C50H59N11O8.ClH/c1-34(54-48(64)36-10-7-11-38(27-36)52-30-44-56-57-47(58(44)2)42-17-18-51-33-53-42)35-9-8-12-40(29-35)69-24-6-4-3-5-23-67-25-26-68-32-46(63)60-21-19-59(20-22-60)39-13-14-41-37(28-39)31-61(50(41)66)43-15-16-45(62)55-49(43)65;/h7-14,17-18,27-29,33-34,43,52H,3-6,15-16,19-26,30-32H2,1-2H3,(H,54,64)(H,55,62,65);1H/t34-,43?;/m1./s1. The fraction of sp³-hybridized carbons (Fsp3) is 0.420. The Bertz CT molecular complexity index is 2610. The van der Waals surface area contributed by atoms with Crippen LogP contribution in [0.3, 0.4) is 0 Å². The number of carbonyl (C=O) groups excluding carboxylic acids is 5. The van der Waals surface area contributed by atoms with Gasteiger partial charge in [-0.1, -0.05) is 24.6 Å². The molecular formula is C50H60ClN11O8. The molecule has 370 valence electrons. The molecule has 20 heteroatoms. The van der Waals surface area contributed by atoms with Crippen molar-refractivity contribution in [2.45, 2.75) is 70.6 Å². The fourth-order valence-corrected chi connectivity index (χ4v) is 8.64. The van der Waals surface area contributed by atoms with Crippen molar-refractivity contribution >= 4 is 53.3 Å². The number of hydrogen-bond donors (Lipinski definition) is 3. The number of anilines is 2. The van der Waals surface area contributed by atoms with E-state index in [0.717, 1.165) is 59.8 Å². The number of ether oxygens (including phenoxy) is 3. The van der Waals surface area contributed by atoms with Gasteiger partial charge in [0, 0.05) is 81.5 Å². The van der Waals surface area contributed by atoms with Gasteiger partial charge in [-0.25, -0.2) is 9.97 Å². The second kappa shape index (κ2) is 24.5. The molecule has 3 aliphatic heterocycles. The van der Waals surface area contributed by atoms with Crippen molar-refractivity contribution in [2.24, 2.45) is 7.05 Å². The molecule has 0 aliphatic carbocycles. The maximum absolute atomic E-state index is 13.3. The van der Waals surface area contributed by atoms with Gasteiger partial charge in [-0.3, -0.25) is 29.3 Å². The first-order chi connectivity index (χ1) is 33.6. The highest BCUT2D eigenvalue weighted by molar-refractivity contribution is 6.05. The quantitative estimate of drug-likeness (QED) is 0.0623. The molecule has 2 atom stereocenters. The minimum atomic E-state index is -0.645. The fourth-order valence-electron chi connectivity index (χ4n) is 8.64. The first-order valence-corrected chi connectivity index (χ1v) is 23.6. The van der Waals surface area contributed by atoms with Crippen LogP contribution in [0, 0.1) is 0 Å². The molecule has 0 saturated carbocycles. The zero-order valence-corrected chi connectivity index (χ0v) is 40.3. The number of piperazine rings is 1. The summed E-state index contributed by atoms with van der Waals surface area (Å²) in [6.07, 6.45) is 7.51. The van der Waals surface area contributed by atoms with Gasteiger partial charge in [-0.05, 0) is 98.3 Å². The summed E-state index contributed by atoms with van der Waals surface area (Å²) < 4.78 is 19.3. The third-order valence-electron chi connectivity index (χ3n) is 12.6. The minimum absolute atomic E-state index is 0. The van der Waals surface area contributed by atoms with Gasteiger partial charge in [0.15, 0.2) is 11.6 Å². The maximum atomic E-state index is 13.3. The highest BCUT2D eigenvalue weighted by Gasteiger charge is 2.39. The Labute approximate surface area is 413 Å². The Morgan fingerprint density at radius 3 is 2.47 bits per heavy atom. The summed E-state index contributed by atoms with van der Waals surface area (Å²) in [7, 11) is 1.88. The van der Waals surface area contributed by atoms with Gasteiger partial charge in [-0.15, -0.1) is 22.6 Å². The van der Waals surface area contributed by atoms with Crippen LogP contribution in [-0.2, 0) is 44.0 Å². The van der Waals surface area contributed by atoms with Crippen LogP contribution in [0.15, 0.2) is 85.3 Å². The van der Waals surface area contributed by atoms with Gasteiger partial charge in [0.2, 0.25) is 17.7 Å². The van der Waals surface area contributed by atoms with E-state index in [-0.39, 0.29) is 55.1 Å². The summed E-state index contributed by atoms with van der Waals surface area (Å²) in [5.74, 6) is 0.956. The number of benzene rings is 3. The average Bonchev–Trinajstić information content (AvgIpc) is 3.91. The Morgan fingerprint density at radius 2 is 1.67 bits per heavy atom. The van der Waals surface area contributed by atoms with E-state index in [1.165, 1.54) is 6.33 Å². The van der Waals surface area contributed by atoms with E-state index in [2.05, 4.69) is 41.0 Å². The molecule has 0 bridgehead atoms. The molecule has 0 spiro atoms. The summed E-state index contributed by atoms with van der Waals surface area (Å²) in [5, 5.41) is 17.4. The number of fused-ring (bicyclic) bond motifs is 1. The molecule has 1 unspecified atom stereocenters. The predicted molar refractivity (Wildman–Crippen MR) is 262 cm³/mol. The number of nitrogens with zero attached hydrogens (tertiary/aromatic N) is 8. The van der Waals surface area contributed by atoms with E-state index in [1.54, 1.807) is 23.2 Å². The van der Waals surface area contributed by atoms with Crippen LogP contribution in [0.4, 0.5) is 11.4 Å². The number of carbonyl (C=O) groups is 5. The topological polar surface area (TPSA) is 215 Å². The molecule has 2 aromatic heterocycles. The minimum Gasteiger partial charge on any atom is -0.494 e. The summed E-state index contributed by atoms with van der Waals surface area (Å²) in [4.78, 5) is 77.0.